The standard InChI is InChI=1S/C11H12N4O5/c1-3-18-11(17)10-13-8(15-20-10)5-9(16)12-7-4-6(2)19-14-7/h4H,3,5H2,1-2H3,(H,12,14,16). The highest BCUT2D eigenvalue weighted by atomic mass is 16.6. The Kier molecular flexibility index (Phi) is 4.08. The molecule has 0 unspecified atom stereocenters. The van der Waals surface area contributed by atoms with E-state index in [0.717, 1.165) is 0 Å². The van der Waals surface area contributed by atoms with Crippen LogP contribution in [-0.4, -0.2) is 33.8 Å². The van der Waals surface area contributed by atoms with Crippen LogP contribution < -0.4 is 5.32 Å². The van der Waals surface area contributed by atoms with E-state index in [1.165, 1.54) is 0 Å². The monoisotopic (exact) mass is 280 g/mol. The fourth-order valence-corrected chi connectivity index (χ4v) is 1.36. The van der Waals surface area contributed by atoms with Crippen molar-refractivity contribution < 1.29 is 23.4 Å². The van der Waals surface area contributed by atoms with E-state index >= 15 is 0 Å². The summed E-state index contributed by atoms with van der Waals surface area (Å²) in [6.45, 7) is 3.55. The third kappa shape index (κ3) is 3.40. The molecule has 1 N–H and O–H groups in total. The van der Waals surface area contributed by atoms with Gasteiger partial charge in [-0.1, -0.05) is 10.3 Å². The van der Waals surface area contributed by atoms with Crippen LogP contribution in [0.25, 0.3) is 0 Å². The maximum absolute atomic E-state index is 11.7. The van der Waals surface area contributed by atoms with Gasteiger partial charge in [0.05, 0.1) is 13.0 Å². The van der Waals surface area contributed by atoms with Crippen LogP contribution in [0.3, 0.4) is 0 Å². The number of aromatic nitrogens is 3. The summed E-state index contributed by atoms with van der Waals surface area (Å²) in [6, 6.07) is 1.57. The second kappa shape index (κ2) is 5.95. The van der Waals surface area contributed by atoms with E-state index in [4.69, 9.17) is 4.52 Å². The van der Waals surface area contributed by atoms with Crippen molar-refractivity contribution in [3.8, 4) is 0 Å². The first kappa shape index (κ1) is 13.7. The van der Waals surface area contributed by atoms with Crippen LogP contribution in [0.1, 0.15) is 29.2 Å². The zero-order chi connectivity index (χ0) is 14.5. The average Bonchev–Trinajstić information content (AvgIpc) is 2.99. The summed E-state index contributed by atoms with van der Waals surface area (Å²) < 4.78 is 14.2. The predicted octanol–water partition coefficient (Wildman–Crippen LogP) is 0.724. The lowest BCUT2D eigenvalue weighted by Gasteiger charge is -1.96. The van der Waals surface area contributed by atoms with E-state index in [1.54, 1.807) is 19.9 Å². The number of carbonyl (C=O) groups is 2. The molecule has 2 rings (SSSR count). The molecule has 0 saturated carbocycles. The van der Waals surface area contributed by atoms with Gasteiger partial charge in [-0.3, -0.25) is 4.79 Å². The number of aryl methyl sites for hydroxylation is 1. The third-order valence-corrected chi connectivity index (χ3v) is 2.13. The van der Waals surface area contributed by atoms with E-state index in [0.29, 0.717) is 11.6 Å². The molecule has 0 aromatic carbocycles. The first-order valence-electron chi connectivity index (χ1n) is 5.81. The van der Waals surface area contributed by atoms with Crippen molar-refractivity contribution in [1.82, 2.24) is 15.3 Å². The highest BCUT2D eigenvalue weighted by Crippen LogP contribution is 2.08. The number of nitrogens with one attached hydrogen (secondary N) is 1. The Labute approximate surface area is 113 Å². The van der Waals surface area contributed by atoms with E-state index < -0.39 is 11.9 Å². The quantitative estimate of drug-likeness (QED) is 0.795. The van der Waals surface area contributed by atoms with Gasteiger partial charge in [0.2, 0.25) is 5.91 Å². The van der Waals surface area contributed by atoms with Crippen LogP contribution in [-0.2, 0) is 16.0 Å². The fraction of sp³-hybridized carbons (Fsp3) is 0.364. The molecule has 2 aromatic rings. The largest absolute Gasteiger partial charge is 0.459 e. The van der Waals surface area contributed by atoms with Crippen LogP contribution in [0, 0.1) is 6.92 Å². The van der Waals surface area contributed by atoms with Gasteiger partial charge in [0.15, 0.2) is 11.6 Å². The van der Waals surface area contributed by atoms with Gasteiger partial charge in [-0.2, -0.15) is 4.98 Å². The lowest BCUT2D eigenvalue weighted by Crippen LogP contribution is -2.15. The number of amides is 1. The smallest absolute Gasteiger partial charge is 0.397 e. The second-order valence-corrected chi connectivity index (χ2v) is 3.78. The van der Waals surface area contributed by atoms with Crippen LogP contribution in [0.2, 0.25) is 0 Å². The van der Waals surface area contributed by atoms with E-state index in [1.807, 2.05) is 0 Å². The fourth-order valence-electron chi connectivity index (χ4n) is 1.36. The zero-order valence-electron chi connectivity index (χ0n) is 10.9. The summed E-state index contributed by atoms with van der Waals surface area (Å²) in [7, 11) is 0. The Bertz CT molecular complexity index is 618. The van der Waals surface area contributed by atoms with Gasteiger partial charge < -0.3 is 19.1 Å². The number of nitrogens with zero attached hydrogens (tertiary/aromatic N) is 3. The maximum atomic E-state index is 11.7. The molecule has 0 radical (unpaired) electrons. The Hall–Kier alpha value is -2.71. The molecular formula is C11H12N4O5. The molecule has 0 fully saturated rings. The Morgan fingerprint density at radius 3 is 2.80 bits per heavy atom. The third-order valence-electron chi connectivity index (χ3n) is 2.13. The normalized spacial score (nSPS) is 10.3. The van der Waals surface area contributed by atoms with Gasteiger partial charge in [0.1, 0.15) is 5.76 Å². The molecule has 2 heterocycles. The van der Waals surface area contributed by atoms with E-state index in [2.05, 4.69) is 29.9 Å². The number of rotatable bonds is 5. The molecule has 0 atom stereocenters. The summed E-state index contributed by atoms with van der Waals surface area (Å²) >= 11 is 0. The zero-order valence-corrected chi connectivity index (χ0v) is 10.9. The SMILES string of the molecule is CCOC(=O)c1nc(CC(=O)Nc2cc(C)on2)no1. The van der Waals surface area contributed by atoms with Crippen LogP contribution in [0.4, 0.5) is 5.82 Å². The van der Waals surface area contributed by atoms with Crippen molar-refractivity contribution in [2.24, 2.45) is 0 Å². The van der Waals surface area contributed by atoms with Crippen molar-refractivity contribution in [1.29, 1.82) is 0 Å². The summed E-state index contributed by atoms with van der Waals surface area (Å²) in [5, 5.41) is 9.62. The Balaban J connectivity index is 1.93. The van der Waals surface area contributed by atoms with E-state index in [9.17, 15) is 9.59 Å². The van der Waals surface area contributed by atoms with Gasteiger partial charge in [-0.15, -0.1) is 0 Å². The van der Waals surface area contributed by atoms with Crippen LogP contribution >= 0.6 is 0 Å². The van der Waals surface area contributed by atoms with Gasteiger partial charge in [0, 0.05) is 6.07 Å². The van der Waals surface area contributed by atoms with Crippen LogP contribution in [0.15, 0.2) is 15.1 Å². The lowest BCUT2D eigenvalue weighted by molar-refractivity contribution is -0.115. The summed E-state index contributed by atoms with van der Waals surface area (Å²) in [5.41, 5.74) is 0. The molecule has 0 aliphatic heterocycles. The van der Waals surface area contributed by atoms with Crippen molar-refractivity contribution >= 4 is 17.7 Å². The Morgan fingerprint density at radius 1 is 1.35 bits per heavy atom. The first-order valence-corrected chi connectivity index (χ1v) is 5.81. The molecule has 106 valence electrons. The number of ether oxygens (including phenoxy) is 1. The Morgan fingerprint density at radius 2 is 2.15 bits per heavy atom. The average molecular weight is 280 g/mol. The molecular weight excluding hydrogens is 268 g/mol. The summed E-state index contributed by atoms with van der Waals surface area (Å²) in [5.74, 6) is -0.475. The molecule has 1 amide bonds. The highest BCUT2D eigenvalue weighted by Gasteiger charge is 2.18. The molecule has 20 heavy (non-hydrogen) atoms. The van der Waals surface area contributed by atoms with Crippen molar-refractivity contribution in [2.45, 2.75) is 20.3 Å². The minimum Gasteiger partial charge on any atom is -0.459 e. The summed E-state index contributed by atoms with van der Waals surface area (Å²) in [6.07, 6.45) is -0.158. The molecule has 9 nitrogen and oxygen atoms in total. The lowest BCUT2D eigenvalue weighted by atomic mass is 10.4. The molecule has 9 heteroatoms. The summed E-state index contributed by atoms with van der Waals surface area (Å²) in [4.78, 5) is 26.7. The van der Waals surface area contributed by atoms with Gasteiger partial charge in [0.25, 0.3) is 0 Å². The van der Waals surface area contributed by atoms with Crippen molar-refractivity contribution in [3.05, 3.63) is 23.5 Å². The minimum absolute atomic E-state index is 0.0748. The number of hydrogen-bond donors (Lipinski definition) is 1. The van der Waals surface area contributed by atoms with Gasteiger partial charge in [-0.25, -0.2) is 4.79 Å². The number of esters is 1. The molecule has 0 aliphatic rings. The first-order chi connectivity index (χ1) is 9.58. The molecule has 2 aromatic heterocycles. The van der Waals surface area contributed by atoms with Gasteiger partial charge >= 0.3 is 11.9 Å². The highest BCUT2D eigenvalue weighted by molar-refractivity contribution is 5.91. The molecule has 0 bridgehead atoms. The number of hydrogen-bond acceptors (Lipinski definition) is 8. The van der Waals surface area contributed by atoms with Crippen molar-refractivity contribution in [3.63, 3.8) is 0 Å². The molecule has 0 aliphatic carbocycles. The minimum atomic E-state index is -0.723. The second-order valence-electron chi connectivity index (χ2n) is 3.78. The number of anilines is 1. The predicted molar refractivity (Wildman–Crippen MR) is 63.8 cm³/mol. The molecule has 0 spiro atoms. The maximum Gasteiger partial charge on any atom is 0.397 e. The topological polar surface area (TPSA) is 120 Å². The van der Waals surface area contributed by atoms with Crippen LogP contribution in [0.5, 0.6) is 0 Å². The van der Waals surface area contributed by atoms with E-state index in [-0.39, 0.29) is 24.7 Å². The number of carbonyl (C=O) groups excluding carboxylic acids is 2. The van der Waals surface area contributed by atoms with Crippen molar-refractivity contribution in [2.75, 3.05) is 11.9 Å². The molecule has 0 saturated heterocycles. The van der Waals surface area contributed by atoms with Gasteiger partial charge in [-0.05, 0) is 13.8 Å².